The third-order valence-corrected chi connectivity index (χ3v) is 3.01. The van der Waals surface area contributed by atoms with E-state index in [2.05, 4.69) is 5.32 Å². The van der Waals surface area contributed by atoms with Gasteiger partial charge in [-0.2, -0.15) is 18.4 Å². The zero-order valence-corrected chi connectivity index (χ0v) is 12.1. The quantitative estimate of drug-likeness (QED) is 0.514. The van der Waals surface area contributed by atoms with Gasteiger partial charge in [-0.25, -0.2) is 4.39 Å². The maximum absolute atomic E-state index is 13.5. The highest BCUT2D eigenvalue weighted by Gasteiger charge is 2.30. The summed E-state index contributed by atoms with van der Waals surface area (Å²) >= 11 is 0. The van der Waals surface area contributed by atoms with Crippen LogP contribution in [-0.2, 0) is 11.0 Å². The summed E-state index contributed by atoms with van der Waals surface area (Å²) in [6.07, 6.45) is -3.53. The molecule has 0 bridgehead atoms. The normalized spacial score (nSPS) is 11.7. The number of hydrogen-bond acceptors (Lipinski definition) is 2. The van der Waals surface area contributed by atoms with Crippen LogP contribution in [0.25, 0.3) is 6.08 Å². The van der Waals surface area contributed by atoms with Crippen molar-refractivity contribution in [3.63, 3.8) is 0 Å². The molecule has 0 fully saturated rings. The molecule has 0 unspecified atom stereocenters. The lowest BCUT2D eigenvalue weighted by molar-refractivity contribution is -0.137. The molecule has 2 rings (SSSR count). The van der Waals surface area contributed by atoms with Gasteiger partial charge in [-0.05, 0) is 35.9 Å². The number of nitrogens with zero attached hydrogens (tertiary/aromatic N) is 1. The fourth-order valence-electron chi connectivity index (χ4n) is 1.87. The Morgan fingerprint density at radius 2 is 1.83 bits per heavy atom. The molecule has 0 aliphatic rings. The first-order valence-electron chi connectivity index (χ1n) is 6.66. The van der Waals surface area contributed by atoms with Gasteiger partial charge in [0.2, 0.25) is 0 Å². The van der Waals surface area contributed by atoms with Gasteiger partial charge < -0.3 is 5.32 Å². The van der Waals surface area contributed by atoms with Crippen LogP contribution in [0.4, 0.5) is 23.2 Å². The second kappa shape index (κ2) is 6.96. The maximum atomic E-state index is 13.5. The number of alkyl halides is 3. The lowest BCUT2D eigenvalue weighted by Crippen LogP contribution is -2.14. The van der Waals surface area contributed by atoms with Gasteiger partial charge in [0, 0.05) is 0 Å². The van der Waals surface area contributed by atoms with E-state index in [1.807, 2.05) is 0 Å². The molecule has 24 heavy (non-hydrogen) atoms. The zero-order valence-electron chi connectivity index (χ0n) is 12.1. The molecule has 1 amide bonds. The molecular weight excluding hydrogens is 324 g/mol. The summed E-state index contributed by atoms with van der Waals surface area (Å²) in [6, 6.07) is 11.1. The van der Waals surface area contributed by atoms with E-state index in [4.69, 9.17) is 5.26 Å². The predicted octanol–water partition coefficient (Wildman–Crippen LogP) is 4.39. The van der Waals surface area contributed by atoms with Crippen LogP contribution in [0, 0.1) is 17.1 Å². The number of carbonyl (C=O) groups excluding carboxylic acids is 1. The van der Waals surface area contributed by atoms with E-state index in [1.165, 1.54) is 30.3 Å². The minimum absolute atomic E-state index is 0.0325. The van der Waals surface area contributed by atoms with Crippen molar-refractivity contribution < 1.29 is 22.4 Å². The number of rotatable bonds is 3. The Morgan fingerprint density at radius 1 is 1.12 bits per heavy atom. The first kappa shape index (κ1) is 17.2. The third kappa shape index (κ3) is 4.20. The van der Waals surface area contributed by atoms with E-state index in [0.29, 0.717) is 0 Å². The highest BCUT2D eigenvalue weighted by Crippen LogP contribution is 2.30. The SMILES string of the molecule is N#C/C(=C/c1cccc(C(F)(F)F)c1)C(=O)Nc1ccccc1F. The van der Waals surface area contributed by atoms with Gasteiger partial charge in [0.25, 0.3) is 5.91 Å². The molecule has 0 heterocycles. The van der Waals surface area contributed by atoms with Crippen LogP contribution in [0.3, 0.4) is 0 Å². The Bertz CT molecular complexity index is 835. The Kier molecular flexibility index (Phi) is 4.99. The summed E-state index contributed by atoms with van der Waals surface area (Å²) in [7, 11) is 0. The average Bonchev–Trinajstić information content (AvgIpc) is 2.54. The van der Waals surface area contributed by atoms with E-state index in [0.717, 1.165) is 24.3 Å². The number of nitriles is 1. The van der Waals surface area contributed by atoms with E-state index in [1.54, 1.807) is 6.07 Å². The van der Waals surface area contributed by atoms with Crippen molar-refractivity contribution in [2.45, 2.75) is 6.18 Å². The second-order valence-corrected chi connectivity index (χ2v) is 4.73. The summed E-state index contributed by atoms with van der Waals surface area (Å²) in [6.45, 7) is 0. The molecule has 3 nitrogen and oxygen atoms in total. The van der Waals surface area contributed by atoms with Crippen LogP contribution in [0.1, 0.15) is 11.1 Å². The van der Waals surface area contributed by atoms with Gasteiger partial charge in [0.15, 0.2) is 0 Å². The van der Waals surface area contributed by atoms with Crippen LogP contribution >= 0.6 is 0 Å². The molecular formula is C17H10F4N2O. The van der Waals surface area contributed by atoms with Crippen LogP contribution in [0.2, 0.25) is 0 Å². The Balaban J connectivity index is 2.28. The number of carbonyl (C=O) groups is 1. The molecule has 122 valence electrons. The summed E-state index contributed by atoms with van der Waals surface area (Å²) in [4.78, 5) is 12.0. The number of amides is 1. The Hall–Kier alpha value is -3.14. The fraction of sp³-hybridized carbons (Fsp3) is 0.0588. The van der Waals surface area contributed by atoms with E-state index in [9.17, 15) is 22.4 Å². The molecule has 2 aromatic rings. The van der Waals surface area contributed by atoms with Crippen molar-refractivity contribution in [1.29, 1.82) is 5.26 Å². The molecule has 2 aromatic carbocycles. The van der Waals surface area contributed by atoms with E-state index in [-0.39, 0.29) is 11.3 Å². The molecule has 1 N–H and O–H groups in total. The number of nitrogens with one attached hydrogen (secondary N) is 1. The molecule has 0 aliphatic carbocycles. The van der Waals surface area contributed by atoms with Crippen molar-refractivity contribution in [1.82, 2.24) is 0 Å². The molecule has 0 aromatic heterocycles. The zero-order chi connectivity index (χ0) is 17.7. The van der Waals surface area contributed by atoms with Crippen molar-refractivity contribution in [3.05, 3.63) is 71.0 Å². The minimum Gasteiger partial charge on any atom is -0.319 e. The second-order valence-electron chi connectivity index (χ2n) is 4.73. The summed E-state index contributed by atoms with van der Waals surface area (Å²) in [5, 5.41) is 11.2. The first-order chi connectivity index (χ1) is 11.3. The average molecular weight is 334 g/mol. The first-order valence-corrected chi connectivity index (χ1v) is 6.66. The monoisotopic (exact) mass is 334 g/mol. The topological polar surface area (TPSA) is 52.9 Å². The highest BCUT2D eigenvalue weighted by molar-refractivity contribution is 6.09. The number of halogens is 4. The van der Waals surface area contributed by atoms with E-state index >= 15 is 0 Å². The van der Waals surface area contributed by atoms with Crippen LogP contribution < -0.4 is 5.32 Å². The molecule has 0 spiro atoms. The number of anilines is 1. The summed E-state index contributed by atoms with van der Waals surface area (Å²) in [5.74, 6) is -1.61. The number of para-hydroxylation sites is 1. The molecule has 0 atom stereocenters. The van der Waals surface area contributed by atoms with Gasteiger partial charge in [-0.15, -0.1) is 0 Å². The van der Waals surface area contributed by atoms with Crippen molar-refractivity contribution >= 4 is 17.7 Å². The van der Waals surface area contributed by atoms with Gasteiger partial charge in [0.1, 0.15) is 17.5 Å². The molecule has 0 saturated heterocycles. The summed E-state index contributed by atoms with van der Waals surface area (Å²) < 4.78 is 51.5. The predicted molar refractivity (Wildman–Crippen MR) is 80.1 cm³/mol. The molecule has 7 heteroatoms. The maximum Gasteiger partial charge on any atom is 0.416 e. The molecule has 0 aliphatic heterocycles. The third-order valence-electron chi connectivity index (χ3n) is 3.01. The van der Waals surface area contributed by atoms with Crippen molar-refractivity contribution in [2.24, 2.45) is 0 Å². The Labute approximate surface area is 134 Å². The summed E-state index contributed by atoms with van der Waals surface area (Å²) in [5.41, 5.74) is -1.45. The van der Waals surface area contributed by atoms with Gasteiger partial charge in [-0.1, -0.05) is 24.3 Å². The Morgan fingerprint density at radius 3 is 2.46 bits per heavy atom. The lowest BCUT2D eigenvalue weighted by atomic mass is 10.1. The van der Waals surface area contributed by atoms with Gasteiger partial charge in [0.05, 0.1) is 11.3 Å². The number of hydrogen-bond donors (Lipinski definition) is 1. The van der Waals surface area contributed by atoms with Crippen LogP contribution in [-0.4, -0.2) is 5.91 Å². The van der Waals surface area contributed by atoms with Gasteiger partial charge in [-0.3, -0.25) is 4.79 Å². The fourth-order valence-corrected chi connectivity index (χ4v) is 1.87. The van der Waals surface area contributed by atoms with Gasteiger partial charge >= 0.3 is 6.18 Å². The number of benzene rings is 2. The largest absolute Gasteiger partial charge is 0.416 e. The smallest absolute Gasteiger partial charge is 0.319 e. The van der Waals surface area contributed by atoms with Crippen LogP contribution in [0.5, 0.6) is 0 Å². The van der Waals surface area contributed by atoms with Crippen molar-refractivity contribution in [3.8, 4) is 6.07 Å². The van der Waals surface area contributed by atoms with Crippen molar-refractivity contribution in [2.75, 3.05) is 5.32 Å². The highest BCUT2D eigenvalue weighted by atomic mass is 19.4. The standard InChI is InChI=1S/C17H10F4N2O/c18-14-6-1-2-7-15(14)23-16(24)12(10-22)8-11-4-3-5-13(9-11)17(19,20)21/h1-9H,(H,23,24)/b12-8-. The molecule has 0 radical (unpaired) electrons. The minimum atomic E-state index is -4.54. The lowest BCUT2D eigenvalue weighted by Gasteiger charge is -2.07. The molecule has 0 saturated carbocycles. The van der Waals surface area contributed by atoms with E-state index < -0.39 is 29.0 Å². The van der Waals surface area contributed by atoms with Crippen LogP contribution in [0.15, 0.2) is 54.1 Å².